The van der Waals surface area contributed by atoms with Gasteiger partial charge in [-0.1, -0.05) is 6.07 Å². The summed E-state index contributed by atoms with van der Waals surface area (Å²) in [5.41, 5.74) is 8.88. The van der Waals surface area contributed by atoms with Gasteiger partial charge in [0, 0.05) is 0 Å². The first-order valence-electron chi connectivity index (χ1n) is 5.48. The highest BCUT2D eigenvalue weighted by atomic mass is 16.3. The van der Waals surface area contributed by atoms with Crippen LogP contribution in [-0.2, 0) is 12.8 Å². The maximum absolute atomic E-state index is 10.4. The van der Waals surface area contributed by atoms with Crippen molar-refractivity contribution in [2.75, 3.05) is 6.54 Å². The lowest BCUT2D eigenvalue weighted by molar-refractivity contribution is 0.475. The zero-order valence-corrected chi connectivity index (χ0v) is 8.78. The number of nitrogens with zero attached hydrogens (tertiary/aromatic N) is 1. The maximum atomic E-state index is 10.4. The molecule has 1 aliphatic rings. The fraction of sp³-hybridized carbons (Fsp3) is 0.500. The van der Waals surface area contributed by atoms with Crippen LogP contribution >= 0.6 is 0 Å². The third-order valence-corrected chi connectivity index (χ3v) is 3.27. The zero-order valence-electron chi connectivity index (χ0n) is 8.78. The fourth-order valence-corrected chi connectivity index (χ4v) is 2.25. The molecule has 1 aliphatic carbocycles. The number of hydrogen-bond acceptors (Lipinski definition) is 3. The van der Waals surface area contributed by atoms with E-state index in [2.05, 4.69) is 5.18 Å². The molecule has 1 unspecified atom stereocenters. The van der Waals surface area contributed by atoms with Gasteiger partial charge in [-0.2, -0.15) is 0 Å². The smallest absolute Gasteiger partial charge is 0.108 e. The zero-order chi connectivity index (χ0) is 10.7. The molecule has 0 bridgehead atoms. The van der Waals surface area contributed by atoms with E-state index in [-0.39, 0.29) is 0 Å². The second kappa shape index (κ2) is 4.53. The highest BCUT2D eigenvalue weighted by molar-refractivity contribution is 5.44. The topological polar surface area (TPSA) is 55.4 Å². The first-order chi connectivity index (χ1) is 7.33. The summed E-state index contributed by atoms with van der Waals surface area (Å²) in [5.74, 6) is 0.630. The van der Waals surface area contributed by atoms with Crippen molar-refractivity contribution < 1.29 is 0 Å². The minimum Gasteiger partial charge on any atom is -0.330 e. The number of aryl methyl sites for hydroxylation is 2. The van der Waals surface area contributed by atoms with Crippen molar-refractivity contribution in [2.24, 2.45) is 16.8 Å². The highest BCUT2D eigenvalue weighted by Crippen LogP contribution is 2.27. The Hall–Kier alpha value is -1.22. The van der Waals surface area contributed by atoms with Crippen molar-refractivity contribution in [2.45, 2.75) is 25.7 Å². The first-order valence-corrected chi connectivity index (χ1v) is 5.48. The Labute approximate surface area is 89.6 Å². The van der Waals surface area contributed by atoms with E-state index in [1.165, 1.54) is 11.1 Å². The largest absolute Gasteiger partial charge is 0.330 e. The summed E-state index contributed by atoms with van der Waals surface area (Å²) >= 11 is 0. The summed E-state index contributed by atoms with van der Waals surface area (Å²) < 4.78 is 0. The maximum Gasteiger partial charge on any atom is 0.108 e. The predicted octanol–water partition coefficient (Wildman–Crippen LogP) is 2.54. The predicted molar refractivity (Wildman–Crippen MR) is 61.1 cm³/mol. The van der Waals surface area contributed by atoms with Gasteiger partial charge in [-0.15, -0.1) is 4.91 Å². The molecular weight excluding hydrogens is 188 g/mol. The minimum atomic E-state index is 0.542. The van der Waals surface area contributed by atoms with E-state index >= 15 is 0 Å². The lowest BCUT2D eigenvalue weighted by atomic mass is 10.0. The molecular formula is C12H16N2O. The van der Waals surface area contributed by atoms with E-state index in [9.17, 15) is 4.91 Å². The van der Waals surface area contributed by atoms with Gasteiger partial charge in [0.25, 0.3) is 0 Å². The first kappa shape index (κ1) is 10.3. The van der Waals surface area contributed by atoms with Gasteiger partial charge in [-0.3, -0.25) is 0 Å². The quantitative estimate of drug-likeness (QED) is 0.594. The SMILES string of the molecule is NCC1CCc2ccc(N=O)cc2CC1. The Bertz CT molecular complexity index is 363. The lowest BCUT2D eigenvalue weighted by Crippen LogP contribution is -2.14. The molecule has 1 aromatic rings. The fourth-order valence-electron chi connectivity index (χ4n) is 2.25. The number of nitrogens with two attached hydrogens (primary N) is 1. The Morgan fingerprint density at radius 2 is 2.00 bits per heavy atom. The van der Waals surface area contributed by atoms with Gasteiger partial charge in [0.2, 0.25) is 0 Å². The van der Waals surface area contributed by atoms with E-state index in [0.717, 1.165) is 32.2 Å². The molecule has 0 radical (unpaired) electrons. The van der Waals surface area contributed by atoms with Crippen LogP contribution in [0.2, 0.25) is 0 Å². The molecule has 2 rings (SSSR count). The average Bonchev–Trinajstić information content (AvgIpc) is 2.50. The molecule has 0 heterocycles. The number of fused-ring (bicyclic) bond motifs is 1. The Morgan fingerprint density at radius 3 is 2.67 bits per heavy atom. The number of hydrogen-bond donors (Lipinski definition) is 1. The van der Waals surface area contributed by atoms with Gasteiger partial charge < -0.3 is 5.73 Å². The van der Waals surface area contributed by atoms with Gasteiger partial charge in [0.05, 0.1) is 0 Å². The van der Waals surface area contributed by atoms with Crippen LogP contribution in [0.1, 0.15) is 24.0 Å². The number of rotatable bonds is 2. The molecule has 3 nitrogen and oxygen atoms in total. The van der Waals surface area contributed by atoms with Gasteiger partial charge in [-0.25, -0.2) is 0 Å². The van der Waals surface area contributed by atoms with Crippen LogP contribution in [0, 0.1) is 10.8 Å². The van der Waals surface area contributed by atoms with Crippen LogP contribution < -0.4 is 5.73 Å². The summed E-state index contributed by atoms with van der Waals surface area (Å²) in [6.45, 7) is 0.771. The van der Waals surface area contributed by atoms with Crippen LogP contribution in [-0.4, -0.2) is 6.54 Å². The molecule has 0 saturated carbocycles. The van der Waals surface area contributed by atoms with E-state index in [0.29, 0.717) is 11.6 Å². The molecule has 1 atom stereocenters. The highest BCUT2D eigenvalue weighted by Gasteiger charge is 2.15. The molecule has 1 aromatic carbocycles. The van der Waals surface area contributed by atoms with Crippen LogP contribution in [0.4, 0.5) is 5.69 Å². The Kier molecular flexibility index (Phi) is 3.11. The van der Waals surface area contributed by atoms with Crippen molar-refractivity contribution in [3.63, 3.8) is 0 Å². The Balaban J connectivity index is 2.23. The average molecular weight is 204 g/mol. The van der Waals surface area contributed by atoms with Crippen molar-refractivity contribution >= 4 is 5.69 Å². The summed E-state index contributed by atoms with van der Waals surface area (Å²) in [7, 11) is 0. The number of nitroso groups, excluding NO2 is 1. The molecule has 3 heteroatoms. The second-order valence-electron chi connectivity index (χ2n) is 4.22. The molecule has 2 N–H and O–H groups in total. The van der Waals surface area contributed by atoms with Crippen LogP contribution in [0.5, 0.6) is 0 Å². The molecule has 0 aromatic heterocycles. The molecule has 80 valence electrons. The van der Waals surface area contributed by atoms with Crippen molar-refractivity contribution in [1.29, 1.82) is 0 Å². The lowest BCUT2D eigenvalue weighted by Gasteiger charge is -2.08. The van der Waals surface area contributed by atoms with E-state index in [4.69, 9.17) is 5.73 Å². The van der Waals surface area contributed by atoms with Gasteiger partial charge >= 0.3 is 0 Å². The third kappa shape index (κ3) is 2.23. The van der Waals surface area contributed by atoms with Crippen LogP contribution in [0.25, 0.3) is 0 Å². The van der Waals surface area contributed by atoms with Crippen molar-refractivity contribution in [1.82, 2.24) is 0 Å². The van der Waals surface area contributed by atoms with Crippen molar-refractivity contribution in [3.8, 4) is 0 Å². The van der Waals surface area contributed by atoms with E-state index < -0.39 is 0 Å². The second-order valence-corrected chi connectivity index (χ2v) is 4.22. The van der Waals surface area contributed by atoms with Crippen LogP contribution in [0.15, 0.2) is 23.4 Å². The Morgan fingerprint density at radius 1 is 1.27 bits per heavy atom. The molecule has 15 heavy (non-hydrogen) atoms. The normalized spacial score (nSPS) is 20.5. The third-order valence-electron chi connectivity index (χ3n) is 3.27. The summed E-state index contributed by atoms with van der Waals surface area (Å²) in [4.78, 5) is 10.4. The van der Waals surface area contributed by atoms with Gasteiger partial charge in [0.1, 0.15) is 5.69 Å². The number of benzene rings is 1. The van der Waals surface area contributed by atoms with Crippen LogP contribution in [0.3, 0.4) is 0 Å². The van der Waals surface area contributed by atoms with Gasteiger partial charge in [-0.05, 0) is 66.6 Å². The summed E-state index contributed by atoms with van der Waals surface area (Å²) in [6.07, 6.45) is 4.40. The minimum absolute atomic E-state index is 0.542. The molecule has 0 fully saturated rings. The van der Waals surface area contributed by atoms with Crippen molar-refractivity contribution in [3.05, 3.63) is 34.2 Å². The molecule has 0 saturated heterocycles. The monoisotopic (exact) mass is 204 g/mol. The van der Waals surface area contributed by atoms with E-state index in [1.807, 2.05) is 12.1 Å². The summed E-state index contributed by atoms with van der Waals surface area (Å²) in [5, 5.41) is 2.97. The summed E-state index contributed by atoms with van der Waals surface area (Å²) in [6, 6.07) is 5.75. The van der Waals surface area contributed by atoms with Gasteiger partial charge in [0.15, 0.2) is 0 Å². The molecule has 0 aliphatic heterocycles. The van der Waals surface area contributed by atoms with E-state index in [1.54, 1.807) is 6.07 Å². The standard InChI is InChI=1S/C12H16N2O/c13-8-9-1-3-10-5-6-12(14-15)7-11(10)4-2-9/h5-7,9H,1-4,8,13H2. The molecule has 0 spiro atoms. The molecule has 0 amide bonds.